The van der Waals surface area contributed by atoms with E-state index in [1.165, 1.54) is 25.8 Å². The normalized spacial score (nSPS) is 30.4. The van der Waals surface area contributed by atoms with Gasteiger partial charge in [-0.2, -0.15) is 0 Å². The van der Waals surface area contributed by atoms with E-state index in [0.717, 1.165) is 24.9 Å². The highest BCUT2D eigenvalue weighted by Crippen LogP contribution is 2.38. The molecule has 3 atom stereocenters. The summed E-state index contributed by atoms with van der Waals surface area (Å²) in [6, 6.07) is 1.10. The molecule has 1 saturated heterocycles. The number of carbonyl (C=O) groups is 1. The first-order valence-corrected chi connectivity index (χ1v) is 8.05. The molecule has 0 spiro atoms. The molecule has 1 aliphatic heterocycles. The van der Waals surface area contributed by atoms with E-state index in [4.69, 9.17) is 0 Å². The molecule has 1 amide bonds. The van der Waals surface area contributed by atoms with Gasteiger partial charge in [-0.25, -0.2) is 0 Å². The van der Waals surface area contributed by atoms with Gasteiger partial charge in [0, 0.05) is 31.1 Å². The number of hydrogen-bond donors (Lipinski definition) is 1. The highest BCUT2D eigenvalue weighted by molar-refractivity contribution is 5.78. The molecule has 3 heteroatoms. The van der Waals surface area contributed by atoms with Crippen LogP contribution < -0.4 is 5.32 Å². The van der Waals surface area contributed by atoms with Crippen molar-refractivity contribution in [2.24, 2.45) is 17.8 Å². The molecule has 0 aromatic carbocycles. The first-order chi connectivity index (χ1) is 9.01. The van der Waals surface area contributed by atoms with E-state index >= 15 is 0 Å². The monoisotopic (exact) mass is 266 g/mol. The molecule has 2 aliphatic rings. The average Bonchev–Trinajstić information content (AvgIpc) is 3.13. The molecule has 2 fully saturated rings. The molecule has 1 saturated carbocycles. The van der Waals surface area contributed by atoms with Gasteiger partial charge in [-0.1, -0.05) is 27.7 Å². The number of rotatable bonds is 5. The van der Waals surface area contributed by atoms with E-state index in [9.17, 15) is 4.79 Å². The fourth-order valence-electron chi connectivity index (χ4n) is 3.51. The van der Waals surface area contributed by atoms with Gasteiger partial charge in [-0.15, -0.1) is 0 Å². The second-order valence-electron chi connectivity index (χ2n) is 6.97. The summed E-state index contributed by atoms with van der Waals surface area (Å²) in [7, 11) is 0. The number of hydrogen-bond acceptors (Lipinski definition) is 2. The lowest BCUT2D eigenvalue weighted by Crippen LogP contribution is -2.54. The van der Waals surface area contributed by atoms with Gasteiger partial charge in [-0.3, -0.25) is 9.69 Å². The zero-order chi connectivity index (χ0) is 14.0. The van der Waals surface area contributed by atoms with Gasteiger partial charge in [0.2, 0.25) is 5.91 Å². The third kappa shape index (κ3) is 3.95. The fraction of sp³-hybridized carbons (Fsp3) is 0.938. The van der Waals surface area contributed by atoms with Gasteiger partial charge in [-0.05, 0) is 37.5 Å². The fourth-order valence-corrected chi connectivity index (χ4v) is 3.51. The van der Waals surface area contributed by atoms with Crippen molar-refractivity contribution in [3.63, 3.8) is 0 Å². The topological polar surface area (TPSA) is 32.3 Å². The molecule has 1 heterocycles. The van der Waals surface area contributed by atoms with Crippen LogP contribution in [0.4, 0.5) is 0 Å². The smallest absolute Gasteiger partial charge is 0.222 e. The van der Waals surface area contributed by atoms with Crippen LogP contribution in [0.15, 0.2) is 0 Å². The van der Waals surface area contributed by atoms with Crippen molar-refractivity contribution in [3.8, 4) is 0 Å². The molecule has 19 heavy (non-hydrogen) atoms. The molecule has 0 bridgehead atoms. The maximum Gasteiger partial charge on any atom is 0.222 e. The summed E-state index contributed by atoms with van der Waals surface area (Å²) >= 11 is 0. The Bertz CT molecular complexity index is 312. The quantitative estimate of drug-likeness (QED) is 0.829. The Kier molecular flexibility index (Phi) is 4.88. The molecule has 2 rings (SSSR count). The molecule has 0 aromatic rings. The predicted octanol–water partition coefficient (Wildman–Crippen LogP) is 2.66. The highest BCUT2D eigenvalue weighted by Gasteiger charge is 2.37. The van der Waals surface area contributed by atoms with Crippen LogP contribution in [-0.4, -0.2) is 36.0 Å². The predicted molar refractivity (Wildman–Crippen MR) is 78.9 cm³/mol. The average molecular weight is 266 g/mol. The van der Waals surface area contributed by atoms with Crippen LogP contribution in [0.5, 0.6) is 0 Å². The van der Waals surface area contributed by atoms with Crippen LogP contribution in [0.2, 0.25) is 0 Å². The maximum atomic E-state index is 11.9. The molecule has 110 valence electrons. The number of nitrogens with zero attached hydrogens (tertiary/aromatic N) is 1. The summed E-state index contributed by atoms with van der Waals surface area (Å²) < 4.78 is 0. The number of carbonyl (C=O) groups excluding carboxylic acids is 1. The summed E-state index contributed by atoms with van der Waals surface area (Å²) in [5.41, 5.74) is 0. The standard InChI is InChI=1S/C16H30N2O/c1-5-15(13-6-7-13)18-9-12(4)8-14(10-18)17-16(19)11(2)3/h11-15H,5-10H2,1-4H3,(H,17,19). The molecule has 1 aliphatic carbocycles. The van der Waals surface area contributed by atoms with Crippen LogP contribution in [0.25, 0.3) is 0 Å². The van der Waals surface area contributed by atoms with Gasteiger partial charge in [0.25, 0.3) is 0 Å². The third-order valence-electron chi connectivity index (χ3n) is 4.61. The minimum absolute atomic E-state index is 0.0936. The van der Waals surface area contributed by atoms with E-state index in [-0.39, 0.29) is 11.8 Å². The third-order valence-corrected chi connectivity index (χ3v) is 4.61. The molecule has 0 aromatic heterocycles. The highest BCUT2D eigenvalue weighted by atomic mass is 16.1. The molecule has 1 N–H and O–H groups in total. The molecule has 3 unspecified atom stereocenters. The summed E-state index contributed by atoms with van der Waals surface area (Å²) in [6.07, 6.45) is 5.21. The van der Waals surface area contributed by atoms with E-state index in [1.807, 2.05) is 13.8 Å². The lowest BCUT2D eigenvalue weighted by Gasteiger charge is -2.41. The summed E-state index contributed by atoms with van der Waals surface area (Å²) in [5.74, 6) is 1.92. The Morgan fingerprint density at radius 3 is 2.53 bits per heavy atom. The van der Waals surface area contributed by atoms with E-state index in [1.54, 1.807) is 0 Å². The van der Waals surface area contributed by atoms with E-state index in [2.05, 4.69) is 24.1 Å². The number of nitrogens with one attached hydrogen (secondary N) is 1. The Morgan fingerprint density at radius 2 is 2.00 bits per heavy atom. The van der Waals surface area contributed by atoms with Gasteiger partial charge < -0.3 is 5.32 Å². The van der Waals surface area contributed by atoms with Crippen LogP contribution >= 0.6 is 0 Å². The molecular weight excluding hydrogens is 236 g/mol. The molecule has 0 radical (unpaired) electrons. The van der Waals surface area contributed by atoms with Crippen molar-refractivity contribution in [1.29, 1.82) is 0 Å². The van der Waals surface area contributed by atoms with Crippen molar-refractivity contribution in [2.45, 2.75) is 65.5 Å². The molecular formula is C16H30N2O. The maximum absolute atomic E-state index is 11.9. The number of amides is 1. The van der Waals surface area contributed by atoms with Gasteiger partial charge in [0.05, 0.1) is 0 Å². The molecule has 3 nitrogen and oxygen atoms in total. The summed E-state index contributed by atoms with van der Waals surface area (Å²) in [6.45, 7) is 10.8. The largest absolute Gasteiger partial charge is 0.352 e. The second-order valence-corrected chi connectivity index (χ2v) is 6.97. The summed E-state index contributed by atoms with van der Waals surface area (Å²) in [5, 5.41) is 3.24. The zero-order valence-electron chi connectivity index (χ0n) is 13.0. The minimum Gasteiger partial charge on any atom is -0.352 e. The second kappa shape index (κ2) is 6.25. The SMILES string of the molecule is CCC(C1CC1)N1CC(C)CC(NC(=O)C(C)C)C1. The van der Waals surface area contributed by atoms with Crippen molar-refractivity contribution >= 4 is 5.91 Å². The van der Waals surface area contributed by atoms with Crippen molar-refractivity contribution in [3.05, 3.63) is 0 Å². The minimum atomic E-state index is 0.0936. The van der Waals surface area contributed by atoms with Crippen molar-refractivity contribution < 1.29 is 4.79 Å². The Balaban J connectivity index is 1.93. The lowest BCUT2D eigenvalue weighted by molar-refractivity contribution is -0.125. The lowest BCUT2D eigenvalue weighted by atomic mass is 9.92. The van der Waals surface area contributed by atoms with Crippen LogP contribution in [0, 0.1) is 17.8 Å². The first-order valence-electron chi connectivity index (χ1n) is 8.05. The zero-order valence-corrected chi connectivity index (χ0v) is 13.0. The van der Waals surface area contributed by atoms with Gasteiger partial charge in [0.1, 0.15) is 0 Å². The Hall–Kier alpha value is -0.570. The van der Waals surface area contributed by atoms with Gasteiger partial charge in [0.15, 0.2) is 0 Å². The van der Waals surface area contributed by atoms with Crippen LogP contribution in [0.3, 0.4) is 0 Å². The van der Waals surface area contributed by atoms with Crippen LogP contribution in [0.1, 0.15) is 53.4 Å². The van der Waals surface area contributed by atoms with E-state index < -0.39 is 0 Å². The van der Waals surface area contributed by atoms with Crippen molar-refractivity contribution in [2.75, 3.05) is 13.1 Å². The Labute approximate surface area is 118 Å². The van der Waals surface area contributed by atoms with Gasteiger partial charge >= 0.3 is 0 Å². The van der Waals surface area contributed by atoms with Crippen molar-refractivity contribution in [1.82, 2.24) is 10.2 Å². The van der Waals surface area contributed by atoms with Crippen LogP contribution in [-0.2, 0) is 4.79 Å². The first kappa shape index (κ1) is 14.8. The summed E-state index contributed by atoms with van der Waals surface area (Å²) in [4.78, 5) is 14.5. The van der Waals surface area contributed by atoms with E-state index in [0.29, 0.717) is 12.0 Å². The Morgan fingerprint density at radius 1 is 1.32 bits per heavy atom. The number of likely N-dealkylation sites (tertiary alicyclic amines) is 1. The number of piperidine rings is 1.